The Morgan fingerprint density at radius 1 is 0.171 bits per heavy atom. The van der Waals surface area contributed by atoms with E-state index in [1.165, 1.54) is 0 Å². The fourth-order valence-corrected chi connectivity index (χ4v) is 3.28. The van der Waals surface area contributed by atoms with E-state index in [1.54, 1.807) is 0 Å². The Kier molecular flexibility index (Phi) is 12.1. The van der Waals surface area contributed by atoms with Crippen LogP contribution in [0.3, 0.4) is 0 Å². The van der Waals surface area contributed by atoms with Crippen molar-refractivity contribution in [1.82, 2.24) is 0 Å². The van der Waals surface area contributed by atoms with E-state index < -0.39 is 32.2 Å². The van der Waals surface area contributed by atoms with Gasteiger partial charge in [-0.25, -0.2) is 0 Å². The predicted octanol–water partition coefficient (Wildman–Crippen LogP) is 0.290. The van der Waals surface area contributed by atoms with Crippen molar-refractivity contribution in [2.45, 2.75) is 0 Å². The normalized spacial score (nSPS) is 12.7. The van der Waals surface area contributed by atoms with Gasteiger partial charge in [-0.2, -0.15) is 0 Å². The largest absolute Gasteiger partial charge is 3.00 e. The number of nitriles is 18. The molecule has 0 unspecified atom stereocenters. The average Bonchev–Trinajstić information content (AvgIpc) is 3.06. The van der Waals surface area contributed by atoms with Gasteiger partial charge in [0.05, 0.1) is 0 Å². The van der Waals surface area contributed by atoms with Crippen LogP contribution in [0.1, 0.15) is 0 Å². The summed E-state index contributed by atoms with van der Waals surface area (Å²) >= 11 is 0. The van der Waals surface area contributed by atoms with Crippen LogP contribution in [0.25, 0.3) is 0 Å². The third-order valence-electron chi connectivity index (χ3n) is 3.56. The third-order valence-corrected chi connectivity index (χ3v) is 14.7. The third kappa shape index (κ3) is 4.78. The van der Waals surface area contributed by atoms with Crippen molar-refractivity contribution in [2.24, 2.45) is 0 Å². The average molecular weight is 738 g/mol. The monoisotopic (exact) mass is 738 g/mol. The van der Waals surface area contributed by atoms with Crippen LogP contribution in [-0.2, 0) is 69.3 Å². The molecule has 0 fully saturated rings. The molecule has 41 heavy (non-hydrogen) atoms. The number of hydrogen-bond acceptors (Lipinski definition) is 18. The minimum absolute atomic E-state index is 0. The van der Waals surface area contributed by atoms with E-state index in [2.05, 4.69) is 0 Å². The van der Waals surface area contributed by atoms with Gasteiger partial charge in [0.1, 0.15) is 0 Å². The molecular weight excluding hydrogens is 738 g/mol. The second-order valence-electron chi connectivity index (χ2n) is 5.40. The van der Waals surface area contributed by atoms with Crippen molar-refractivity contribution in [2.75, 3.05) is 0 Å². The first-order valence-corrected chi connectivity index (χ1v) is 17.1. The standard InChI is InChI=1S/18CN.3Fe.2V/c18*1-2;;;;;/q;;;;;;;;;;;;;;;;;;3*-2;2*+3. The topological polar surface area (TPSA) is 428 Å². The van der Waals surface area contributed by atoms with Gasteiger partial charge in [0.15, 0.2) is 0 Å². The van der Waals surface area contributed by atoms with Gasteiger partial charge in [0.25, 0.3) is 0 Å². The van der Waals surface area contributed by atoms with Crippen molar-refractivity contribution >= 4 is 0 Å². The van der Waals surface area contributed by atoms with Gasteiger partial charge in [-0.3, -0.25) is 0 Å². The quantitative estimate of drug-likeness (QED) is 0.301. The Bertz CT molecular complexity index is 1410. The molecule has 0 radical (unpaired) electrons. The molecule has 0 aromatic carbocycles. The van der Waals surface area contributed by atoms with Gasteiger partial charge in [0.2, 0.25) is 0 Å². The first-order valence-electron chi connectivity index (χ1n) is 7.21. The van der Waals surface area contributed by atoms with Crippen molar-refractivity contribution in [3.05, 3.63) is 0 Å². The molecule has 0 bridgehead atoms. The fraction of sp³-hybridized carbons (Fsp3) is 0. The van der Waals surface area contributed by atoms with E-state index in [9.17, 15) is 0 Å². The Morgan fingerprint density at radius 3 is 0.220 bits per heavy atom. The summed E-state index contributed by atoms with van der Waals surface area (Å²) in [4.78, 5) is 18.6. The minimum atomic E-state index is -6.17. The van der Waals surface area contributed by atoms with Crippen LogP contribution in [0.15, 0.2) is 0 Å². The van der Waals surface area contributed by atoms with E-state index >= 15 is 0 Å². The molecule has 196 valence electrons. The summed E-state index contributed by atoms with van der Waals surface area (Å²) in [5.74, 6) is 0. The van der Waals surface area contributed by atoms with E-state index in [-0.39, 0.29) is 37.1 Å². The Labute approximate surface area is 251 Å². The smallest absolute Gasteiger partial charge is 3.00 e. The molecule has 0 heterocycles. The molecule has 0 aliphatic heterocycles. The number of hydrogen-bond donors (Lipinski definition) is 0. The molecule has 0 aliphatic rings. The van der Waals surface area contributed by atoms with E-state index in [1.807, 2.05) is 0 Å². The summed E-state index contributed by atoms with van der Waals surface area (Å²) < 4.78 is 0. The molecule has 0 N–H and O–H groups in total. The van der Waals surface area contributed by atoms with Gasteiger partial charge >= 0.3 is 253 Å². The predicted molar refractivity (Wildman–Crippen MR) is 101 cm³/mol. The van der Waals surface area contributed by atoms with Gasteiger partial charge in [0, 0.05) is 0 Å². The van der Waals surface area contributed by atoms with Crippen LogP contribution >= 0.6 is 0 Å². The van der Waals surface area contributed by atoms with Crippen LogP contribution in [-0.4, -0.2) is 0 Å². The van der Waals surface area contributed by atoms with Crippen molar-refractivity contribution in [3.8, 4) is 89.4 Å². The molecule has 0 amide bonds. The minimum Gasteiger partial charge on any atom is 3.00 e. The second kappa shape index (κ2) is 11.1. The molecule has 0 spiro atoms. The number of rotatable bonds is 0. The van der Waals surface area contributed by atoms with E-state index in [4.69, 9.17) is 94.7 Å². The molecule has 23 heteroatoms. The summed E-state index contributed by atoms with van der Waals surface area (Å²) in [6, 6.07) is 0. The van der Waals surface area contributed by atoms with Gasteiger partial charge in [-0.15, -0.1) is 0 Å². The summed E-state index contributed by atoms with van der Waals surface area (Å²) in [6.45, 7) is 0. The van der Waals surface area contributed by atoms with E-state index in [0.717, 1.165) is 89.4 Å². The van der Waals surface area contributed by atoms with Crippen LogP contribution in [0, 0.1) is 184 Å². The number of nitrogens with zero attached hydrogens (tertiary/aromatic N) is 18. The van der Waals surface area contributed by atoms with Crippen molar-refractivity contribution in [3.63, 3.8) is 0 Å². The van der Waals surface area contributed by atoms with Gasteiger partial charge in [-0.1, -0.05) is 0 Å². The SMILES string of the molecule is N#[C][Fe-2]([C]#N)([C]#N)([C]#N)([C]#N)[C]#N.N#[C][Fe-2]([C]#N)([C]#N)([C]#N)([C]#N)[C]#N.N#[C][Fe-2]([C]#N)([C]#N)([C]#N)([C]#N)[C]#N.[V+3].[V+3]. The molecule has 0 rings (SSSR count). The van der Waals surface area contributed by atoms with Crippen LogP contribution in [0.4, 0.5) is 0 Å². The summed E-state index contributed by atoms with van der Waals surface area (Å²) in [6.07, 6.45) is 0. The fourth-order valence-electron chi connectivity index (χ4n) is 0.795. The van der Waals surface area contributed by atoms with Crippen LogP contribution in [0.5, 0.6) is 0 Å². The van der Waals surface area contributed by atoms with Crippen molar-refractivity contribution < 1.29 is 69.3 Å². The molecule has 0 aliphatic carbocycles. The summed E-state index contributed by atoms with van der Waals surface area (Å²) in [7, 11) is -18.5. The molecule has 0 aromatic rings. The Hall–Kier alpha value is -6.45. The van der Waals surface area contributed by atoms with Crippen LogP contribution in [0.2, 0.25) is 0 Å². The molecule has 0 aromatic heterocycles. The first-order chi connectivity index (χ1) is 17.9. The maximum atomic E-state index is 8.58. The molecule has 0 atom stereocenters. The Morgan fingerprint density at radius 2 is 0.220 bits per heavy atom. The second-order valence-corrected chi connectivity index (χ2v) is 22.3. The molecule has 0 saturated carbocycles. The zero-order chi connectivity index (χ0) is 32.0. The van der Waals surface area contributed by atoms with Crippen LogP contribution < -0.4 is 0 Å². The zero-order valence-corrected chi connectivity index (χ0v) is 25.1. The van der Waals surface area contributed by atoms with Crippen molar-refractivity contribution in [1.29, 1.82) is 94.7 Å². The molecule has 0 saturated heterocycles. The van der Waals surface area contributed by atoms with Gasteiger partial charge < -0.3 is 0 Å². The molecule has 18 nitrogen and oxygen atoms in total. The zero-order valence-electron chi connectivity index (χ0n) is 19.0. The summed E-state index contributed by atoms with van der Waals surface area (Å²) in [5.41, 5.74) is 0. The maximum Gasteiger partial charge on any atom is 3.00 e. The maximum absolute atomic E-state index is 8.58. The van der Waals surface area contributed by atoms with E-state index in [0.29, 0.717) is 0 Å². The molecular formula is C18Fe3N18V2. The Balaban J connectivity index is -0.000000154. The van der Waals surface area contributed by atoms with Gasteiger partial charge in [-0.05, 0) is 0 Å². The summed E-state index contributed by atoms with van der Waals surface area (Å²) in [5, 5.41) is 154. The first kappa shape index (κ1) is 44.5.